The third-order valence-corrected chi connectivity index (χ3v) is 4.89. The Labute approximate surface area is 175 Å². The van der Waals surface area contributed by atoms with Gasteiger partial charge in [-0.05, 0) is 38.5 Å². The van der Waals surface area contributed by atoms with Crippen molar-refractivity contribution in [1.29, 1.82) is 0 Å². The predicted molar refractivity (Wildman–Crippen MR) is 117 cm³/mol. The van der Waals surface area contributed by atoms with Gasteiger partial charge < -0.3 is 23.4 Å². The first-order chi connectivity index (χ1) is 14.4. The zero-order valence-corrected chi connectivity index (χ0v) is 18.1. The standard InChI is InChI=1S/C24H26O6/c1-14(2)7-9-17-21(28-5)13-22-19(23(17)29-6)12-18(24(25)30-22)16-10-8-15(26-3)11-20(16)27-4/h7-8,10-13H,9H2,1-6H3. The van der Waals surface area contributed by atoms with E-state index >= 15 is 0 Å². The molecule has 0 radical (unpaired) electrons. The van der Waals surface area contributed by atoms with Gasteiger partial charge in [0.15, 0.2) is 0 Å². The molecular weight excluding hydrogens is 384 g/mol. The van der Waals surface area contributed by atoms with Gasteiger partial charge in [-0.1, -0.05) is 11.6 Å². The normalized spacial score (nSPS) is 10.6. The lowest BCUT2D eigenvalue weighted by Gasteiger charge is -2.16. The van der Waals surface area contributed by atoms with E-state index < -0.39 is 5.63 Å². The summed E-state index contributed by atoms with van der Waals surface area (Å²) in [4.78, 5) is 12.8. The van der Waals surface area contributed by atoms with Crippen LogP contribution in [0.15, 0.2) is 51.2 Å². The third kappa shape index (κ3) is 3.99. The average molecular weight is 410 g/mol. The zero-order chi connectivity index (χ0) is 21.8. The maximum absolute atomic E-state index is 12.8. The number of rotatable bonds is 7. The lowest BCUT2D eigenvalue weighted by molar-refractivity contribution is 0.388. The third-order valence-electron chi connectivity index (χ3n) is 4.89. The summed E-state index contributed by atoms with van der Waals surface area (Å²) in [6.07, 6.45) is 2.73. The molecule has 3 aromatic rings. The van der Waals surface area contributed by atoms with Gasteiger partial charge in [-0.2, -0.15) is 0 Å². The molecule has 1 aromatic heterocycles. The summed E-state index contributed by atoms with van der Waals surface area (Å²) in [5.41, 5.74) is 2.96. The van der Waals surface area contributed by atoms with Crippen LogP contribution < -0.4 is 24.6 Å². The van der Waals surface area contributed by atoms with Crippen LogP contribution in [-0.2, 0) is 6.42 Å². The first-order valence-electron chi connectivity index (χ1n) is 9.51. The lowest BCUT2D eigenvalue weighted by Crippen LogP contribution is -2.06. The van der Waals surface area contributed by atoms with Crippen LogP contribution in [0, 0.1) is 0 Å². The largest absolute Gasteiger partial charge is 0.497 e. The number of hydrogen-bond acceptors (Lipinski definition) is 6. The monoisotopic (exact) mass is 410 g/mol. The summed E-state index contributed by atoms with van der Waals surface area (Å²) in [7, 11) is 6.30. The molecule has 0 fully saturated rings. The van der Waals surface area contributed by atoms with Gasteiger partial charge in [0.2, 0.25) is 0 Å². The average Bonchev–Trinajstić information content (AvgIpc) is 2.75. The van der Waals surface area contributed by atoms with E-state index in [1.807, 2.05) is 13.8 Å². The van der Waals surface area contributed by atoms with Gasteiger partial charge in [0.25, 0.3) is 0 Å². The van der Waals surface area contributed by atoms with Gasteiger partial charge in [-0.15, -0.1) is 0 Å². The molecule has 0 aliphatic rings. The van der Waals surface area contributed by atoms with Crippen molar-refractivity contribution in [3.63, 3.8) is 0 Å². The fourth-order valence-electron chi connectivity index (χ4n) is 3.37. The van der Waals surface area contributed by atoms with E-state index in [2.05, 4.69) is 6.08 Å². The Kier molecular flexibility index (Phi) is 6.35. The lowest BCUT2D eigenvalue weighted by atomic mass is 10.0. The molecule has 3 rings (SSSR count). The van der Waals surface area contributed by atoms with E-state index in [0.717, 1.165) is 5.56 Å². The van der Waals surface area contributed by atoms with Crippen molar-refractivity contribution in [2.24, 2.45) is 0 Å². The predicted octanol–water partition coefficient (Wildman–Crippen LogP) is 5.00. The molecule has 0 saturated carbocycles. The van der Waals surface area contributed by atoms with E-state index in [9.17, 15) is 4.79 Å². The Balaban J connectivity index is 2.31. The molecule has 0 aliphatic heterocycles. The number of fused-ring (bicyclic) bond motifs is 1. The number of methoxy groups -OCH3 is 4. The molecule has 0 atom stereocenters. The van der Waals surface area contributed by atoms with Gasteiger partial charge in [0.05, 0.1) is 39.4 Å². The van der Waals surface area contributed by atoms with Crippen molar-refractivity contribution < 1.29 is 23.4 Å². The minimum Gasteiger partial charge on any atom is -0.497 e. The number of benzene rings is 2. The van der Waals surface area contributed by atoms with E-state index in [1.165, 1.54) is 5.57 Å². The molecule has 158 valence electrons. The van der Waals surface area contributed by atoms with Gasteiger partial charge in [0, 0.05) is 23.3 Å². The molecule has 0 unspecified atom stereocenters. The van der Waals surface area contributed by atoms with Crippen LogP contribution in [-0.4, -0.2) is 28.4 Å². The minimum absolute atomic E-state index is 0.374. The summed E-state index contributed by atoms with van der Waals surface area (Å²) in [6.45, 7) is 4.07. The van der Waals surface area contributed by atoms with Gasteiger partial charge >= 0.3 is 5.63 Å². The van der Waals surface area contributed by atoms with Crippen molar-refractivity contribution in [2.45, 2.75) is 20.3 Å². The quantitative estimate of drug-likeness (QED) is 0.403. The number of hydrogen-bond donors (Lipinski definition) is 0. The molecule has 30 heavy (non-hydrogen) atoms. The zero-order valence-electron chi connectivity index (χ0n) is 18.1. The molecule has 0 amide bonds. The van der Waals surface area contributed by atoms with Crippen LogP contribution in [0.5, 0.6) is 23.0 Å². The summed E-state index contributed by atoms with van der Waals surface area (Å²) in [5, 5.41) is 0.683. The van der Waals surface area contributed by atoms with E-state index in [1.54, 1.807) is 58.8 Å². The second-order valence-corrected chi connectivity index (χ2v) is 7.00. The maximum Gasteiger partial charge on any atom is 0.344 e. The molecule has 6 nitrogen and oxygen atoms in total. The van der Waals surface area contributed by atoms with Crippen molar-refractivity contribution in [1.82, 2.24) is 0 Å². The fraction of sp³-hybridized carbons (Fsp3) is 0.292. The maximum atomic E-state index is 12.8. The molecule has 1 heterocycles. The molecule has 0 saturated heterocycles. The van der Waals surface area contributed by atoms with Gasteiger partial charge in [0.1, 0.15) is 28.6 Å². The van der Waals surface area contributed by atoms with E-state index in [4.69, 9.17) is 23.4 Å². The molecule has 6 heteroatoms. The molecule has 0 bridgehead atoms. The van der Waals surface area contributed by atoms with E-state index in [-0.39, 0.29) is 0 Å². The highest BCUT2D eigenvalue weighted by Gasteiger charge is 2.20. The highest BCUT2D eigenvalue weighted by atomic mass is 16.5. The molecule has 0 spiro atoms. The van der Waals surface area contributed by atoms with Crippen molar-refractivity contribution >= 4 is 11.0 Å². The number of ether oxygens (including phenoxy) is 4. The first-order valence-corrected chi connectivity index (χ1v) is 9.51. The first kappa shape index (κ1) is 21.3. The highest BCUT2D eigenvalue weighted by molar-refractivity contribution is 5.91. The Morgan fingerprint density at radius 3 is 2.23 bits per heavy atom. The highest BCUT2D eigenvalue weighted by Crippen LogP contribution is 2.40. The van der Waals surface area contributed by atoms with Crippen LogP contribution in [0.4, 0.5) is 0 Å². The Bertz CT molecular complexity index is 1150. The molecule has 2 aromatic carbocycles. The summed E-state index contributed by atoms with van der Waals surface area (Å²) in [6, 6.07) is 8.77. The van der Waals surface area contributed by atoms with Crippen LogP contribution in [0.1, 0.15) is 19.4 Å². The molecular formula is C24H26O6. The van der Waals surface area contributed by atoms with Crippen molar-refractivity contribution in [3.05, 3.63) is 58.0 Å². The topological polar surface area (TPSA) is 67.1 Å². The molecule has 0 aliphatic carbocycles. The molecule has 0 N–H and O–H groups in total. The van der Waals surface area contributed by atoms with Crippen molar-refractivity contribution in [2.75, 3.05) is 28.4 Å². The summed E-state index contributed by atoms with van der Waals surface area (Å²) < 4.78 is 27.6. The second kappa shape index (κ2) is 8.95. The Morgan fingerprint density at radius 2 is 1.63 bits per heavy atom. The van der Waals surface area contributed by atoms with Crippen LogP contribution >= 0.6 is 0 Å². The van der Waals surface area contributed by atoms with E-state index in [0.29, 0.717) is 51.5 Å². The van der Waals surface area contributed by atoms with Gasteiger partial charge in [-0.3, -0.25) is 0 Å². The minimum atomic E-state index is -0.480. The van der Waals surface area contributed by atoms with Gasteiger partial charge in [-0.25, -0.2) is 4.79 Å². The Hall–Kier alpha value is -3.41. The second-order valence-electron chi connectivity index (χ2n) is 7.00. The van der Waals surface area contributed by atoms with Crippen LogP contribution in [0.3, 0.4) is 0 Å². The smallest absolute Gasteiger partial charge is 0.344 e. The van der Waals surface area contributed by atoms with Crippen molar-refractivity contribution in [3.8, 4) is 34.1 Å². The summed E-state index contributed by atoms with van der Waals surface area (Å²) in [5.74, 6) is 2.36. The summed E-state index contributed by atoms with van der Waals surface area (Å²) >= 11 is 0. The fourth-order valence-corrected chi connectivity index (χ4v) is 3.37. The SMILES string of the molecule is COc1ccc(-c2cc3c(OC)c(CC=C(C)C)c(OC)cc3oc2=O)c(OC)c1. The van der Waals surface area contributed by atoms with Crippen LogP contribution in [0.25, 0.3) is 22.1 Å². The van der Waals surface area contributed by atoms with Crippen LogP contribution in [0.2, 0.25) is 0 Å². The number of allylic oxidation sites excluding steroid dienone is 2. The Morgan fingerprint density at radius 1 is 0.900 bits per heavy atom.